The summed E-state index contributed by atoms with van der Waals surface area (Å²) in [4.78, 5) is 5.08. The number of hydrogen-bond donors (Lipinski definition) is 3. The highest BCUT2D eigenvalue weighted by atomic mass is 32.2. The minimum atomic E-state index is -0.286. The van der Waals surface area contributed by atoms with Gasteiger partial charge in [-0.1, -0.05) is 115 Å². The lowest BCUT2D eigenvalue weighted by Gasteiger charge is -2.25. The van der Waals surface area contributed by atoms with Gasteiger partial charge >= 0.3 is 0 Å². The molecule has 3 atom stereocenters. The average molecular weight is 633 g/mol. The zero-order valence-electron chi connectivity index (χ0n) is 25.0. The number of benzene rings is 6. The molecule has 1 aliphatic rings. The molecule has 0 fully saturated rings. The first-order valence-corrected chi connectivity index (χ1v) is 17.1. The molecule has 0 aliphatic carbocycles. The summed E-state index contributed by atoms with van der Waals surface area (Å²) in [5.74, 6) is 0. The van der Waals surface area contributed by atoms with Crippen molar-refractivity contribution in [2.45, 2.75) is 16.9 Å². The van der Waals surface area contributed by atoms with Crippen molar-refractivity contribution in [1.82, 2.24) is 5.32 Å². The van der Waals surface area contributed by atoms with Gasteiger partial charge in [0.25, 0.3) is 0 Å². The van der Waals surface area contributed by atoms with E-state index in [9.17, 15) is 0 Å². The third kappa shape index (κ3) is 5.50. The lowest BCUT2D eigenvalue weighted by molar-refractivity contribution is 0.664. The second-order valence-corrected chi connectivity index (χ2v) is 13.9. The third-order valence-corrected chi connectivity index (χ3v) is 10.8. The van der Waals surface area contributed by atoms with Gasteiger partial charge in [-0.3, -0.25) is 4.99 Å². The second kappa shape index (κ2) is 12.2. The van der Waals surface area contributed by atoms with Gasteiger partial charge in [-0.05, 0) is 68.9 Å². The van der Waals surface area contributed by atoms with Crippen LogP contribution in [0.25, 0.3) is 36.6 Å². The number of nitrogens with two attached hydrogens (primary N) is 2. The van der Waals surface area contributed by atoms with Crippen LogP contribution >= 0.6 is 23.1 Å². The summed E-state index contributed by atoms with van der Waals surface area (Å²) in [5.41, 5.74) is 21.1. The first kappa shape index (κ1) is 28.7. The molecule has 0 saturated heterocycles. The first-order chi connectivity index (χ1) is 22.6. The van der Waals surface area contributed by atoms with Crippen LogP contribution in [0.5, 0.6) is 0 Å². The minimum absolute atomic E-state index is 0.184. The van der Waals surface area contributed by atoms with Crippen molar-refractivity contribution in [3.05, 3.63) is 173 Å². The highest BCUT2D eigenvalue weighted by Crippen LogP contribution is 2.40. The fourth-order valence-corrected chi connectivity index (χ4v) is 8.27. The Labute approximate surface area is 276 Å². The number of hydrogen-bond acceptors (Lipinski definition) is 6. The SMILES string of the molecule is NC(SC(N)c1cccc2cc(C3=CC(c4ccccc4)=NC(c4ccccc4)N3)ccc12)c1ccc2sc3ccccc3c2c1. The van der Waals surface area contributed by atoms with Crippen LogP contribution in [0.1, 0.15) is 44.7 Å². The fourth-order valence-electron chi connectivity index (χ4n) is 6.22. The number of nitrogens with zero attached hydrogens (tertiary/aromatic N) is 1. The van der Waals surface area contributed by atoms with Crippen molar-refractivity contribution in [2.75, 3.05) is 0 Å². The molecule has 0 saturated carbocycles. The van der Waals surface area contributed by atoms with Crippen molar-refractivity contribution in [2.24, 2.45) is 16.5 Å². The number of aliphatic imine (C=N–C) groups is 1. The number of thiophene rings is 1. The van der Waals surface area contributed by atoms with Crippen molar-refractivity contribution >= 4 is 65.5 Å². The van der Waals surface area contributed by atoms with E-state index in [1.54, 1.807) is 11.8 Å². The van der Waals surface area contributed by atoms with Gasteiger partial charge in [0.15, 0.2) is 0 Å². The molecular formula is C40H32N4S2. The molecule has 8 rings (SSSR count). The lowest BCUT2D eigenvalue weighted by atomic mass is 9.98. The summed E-state index contributed by atoms with van der Waals surface area (Å²) in [6, 6.07) is 48.8. The van der Waals surface area contributed by atoms with Crippen molar-refractivity contribution in [1.29, 1.82) is 0 Å². The Morgan fingerprint density at radius 2 is 1.39 bits per heavy atom. The number of fused-ring (bicyclic) bond motifs is 4. The van der Waals surface area contributed by atoms with E-state index in [2.05, 4.69) is 139 Å². The average Bonchev–Trinajstić information content (AvgIpc) is 3.49. The zero-order valence-corrected chi connectivity index (χ0v) is 26.6. The Kier molecular flexibility index (Phi) is 7.64. The highest BCUT2D eigenvalue weighted by Gasteiger charge is 2.21. The molecular weight excluding hydrogens is 601 g/mol. The van der Waals surface area contributed by atoms with E-state index in [0.717, 1.165) is 50.0 Å². The van der Waals surface area contributed by atoms with Crippen LogP contribution in [0.3, 0.4) is 0 Å². The van der Waals surface area contributed by atoms with E-state index < -0.39 is 0 Å². The molecule has 1 aromatic heterocycles. The topological polar surface area (TPSA) is 76.4 Å². The van der Waals surface area contributed by atoms with Gasteiger partial charge in [-0.15, -0.1) is 23.1 Å². The van der Waals surface area contributed by atoms with Crippen LogP contribution in [-0.4, -0.2) is 5.71 Å². The predicted molar refractivity (Wildman–Crippen MR) is 198 cm³/mol. The number of thioether (sulfide) groups is 1. The maximum absolute atomic E-state index is 6.87. The molecule has 224 valence electrons. The number of allylic oxidation sites excluding steroid dienone is 1. The van der Waals surface area contributed by atoms with Crippen LogP contribution in [0, 0.1) is 0 Å². The van der Waals surface area contributed by atoms with Crippen molar-refractivity contribution < 1.29 is 0 Å². The van der Waals surface area contributed by atoms with Crippen molar-refractivity contribution in [3.8, 4) is 0 Å². The Hall–Kier alpha value is -4.72. The Morgan fingerprint density at radius 1 is 0.630 bits per heavy atom. The molecule has 2 heterocycles. The van der Waals surface area contributed by atoms with Gasteiger partial charge in [0.1, 0.15) is 6.17 Å². The summed E-state index contributed by atoms with van der Waals surface area (Å²) in [5, 5.41) is 7.93. The Bertz CT molecular complexity index is 2260. The van der Waals surface area contributed by atoms with Crippen molar-refractivity contribution in [3.63, 3.8) is 0 Å². The van der Waals surface area contributed by atoms with E-state index in [0.29, 0.717) is 0 Å². The van der Waals surface area contributed by atoms with E-state index in [1.807, 2.05) is 23.5 Å². The molecule has 0 bridgehead atoms. The first-order valence-electron chi connectivity index (χ1n) is 15.4. The molecule has 3 unspecified atom stereocenters. The molecule has 1 aliphatic heterocycles. The van der Waals surface area contributed by atoms with Crippen LogP contribution in [0.2, 0.25) is 0 Å². The zero-order chi connectivity index (χ0) is 31.0. The number of rotatable bonds is 7. The van der Waals surface area contributed by atoms with E-state index in [4.69, 9.17) is 16.5 Å². The molecule has 0 spiro atoms. The molecule has 0 radical (unpaired) electrons. The summed E-state index contributed by atoms with van der Waals surface area (Å²) >= 11 is 3.40. The standard InChI is InChI=1S/C40H32N4S2/c41-38(29-19-21-37-33(23-29)31-15-7-8-17-36(31)45-37)46-39(42)32-16-9-14-27-22-28(18-20-30(27)32)35-24-34(25-10-3-1-4-11-25)43-40(44-35)26-12-5-2-6-13-26/h1-24,38-40,44H,41-42H2. The smallest absolute Gasteiger partial charge is 0.145 e. The fraction of sp³-hybridized carbons (Fsp3) is 0.0750. The second-order valence-electron chi connectivity index (χ2n) is 11.5. The quantitative estimate of drug-likeness (QED) is 0.153. The minimum Gasteiger partial charge on any atom is -0.360 e. The van der Waals surface area contributed by atoms with E-state index in [1.165, 1.54) is 20.2 Å². The van der Waals surface area contributed by atoms with Gasteiger partial charge in [0.2, 0.25) is 0 Å². The number of nitrogens with one attached hydrogen (secondary N) is 1. The monoisotopic (exact) mass is 632 g/mol. The molecule has 7 aromatic rings. The predicted octanol–water partition coefficient (Wildman–Crippen LogP) is 9.69. The van der Waals surface area contributed by atoms with Gasteiger partial charge in [-0.25, -0.2) is 0 Å². The summed E-state index contributed by atoms with van der Waals surface area (Å²) < 4.78 is 2.57. The van der Waals surface area contributed by atoms with E-state index in [-0.39, 0.29) is 16.9 Å². The summed E-state index contributed by atoms with van der Waals surface area (Å²) in [6.45, 7) is 0. The summed E-state index contributed by atoms with van der Waals surface area (Å²) in [7, 11) is 0. The van der Waals surface area contributed by atoms with Crippen LogP contribution < -0.4 is 16.8 Å². The largest absolute Gasteiger partial charge is 0.360 e. The van der Waals surface area contributed by atoms with Crippen LogP contribution in [0.4, 0.5) is 0 Å². The molecule has 46 heavy (non-hydrogen) atoms. The summed E-state index contributed by atoms with van der Waals surface area (Å²) in [6.07, 6.45) is 1.96. The van der Waals surface area contributed by atoms with Gasteiger partial charge < -0.3 is 16.8 Å². The molecule has 6 heteroatoms. The van der Waals surface area contributed by atoms with Crippen LogP contribution in [-0.2, 0) is 0 Å². The maximum atomic E-state index is 6.87. The van der Waals surface area contributed by atoms with Gasteiger partial charge in [-0.2, -0.15) is 0 Å². The molecule has 5 N–H and O–H groups in total. The lowest BCUT2D eigenvalue weighted by Crippen LogP contribution is -2.24. The normalized spacial score (nSPS) is 16.2. The maximum Gasteiger partial charge on any atom is 0.145 e. The van der Waals surface area contributed by atoms with Crippen LogP contribution in [0.15, 0.2) is 151 Å². The van der Waals surface area contributed by atoms with E-state index >= 15 is 0 Å². The molecule has 6 aromatic carbocycles. The van der Waals surface area contributed by atoms with Gasteiger partial charge in [0.05, 0.1) is 16.5 Å². The third-order valence-electron chi connectivity index (χ3n) is 8.58. The molecule has 0 amide bonds. The highest BCUT2D eigenvalue weighted by molar-refractivity contribution is 7.99. The Morgan fingerprint density at radius 3 is 2.24 bits per heavy atom. The molecule has 4 nitrogen and oxygen atoms in total. The Balaban J connectivity index is 1.09. The van der Waals surface area contributed by atoms with Gasteiger partial charge in [0, 0.05) is 25.9 Å².